The first-order chi connectivity index (χ1) is 7.76. The molecule has 0 atom stereocenters. The van der Waals surface area contributed by atoms with Crippen LogP contribution >= 0.6 is 0 Å². The van der Waals surface area contributed by atoms with Crippen LogP contribution in [0.1, 0.15) is 25.3 Å². The van der Waals surface area contributed by atoms with Gasteiger partial charge in [-0.1, -0.05) is 19.1 Å². The smallest absolute Gasteiger partial charge is 0.170 e. The maximum Gasteiger partial charge on any atom is 0.170 e. The second-order valence-electron chi connectivity index (χ2n) is 3.69. The molecule has 0 unspecified atom stereocenters. The van der Waals surface area contributed by atoms with Crippen molar-refractivity contribution in [3.05, 3.63) is 29.8 Å². The minimum Gasteiger partial charge on any atom is -0.486 e. The Balaban J connectivity index is 2.40. The monoisotopic (exact) mass is 222 g/mol. The van der Waals surface area contributed by atoms with Gasteiger partial charge < -0.3 is 9.84 Å². The predicted octanol–water partition coefficient (Wildman–Crippen LogP) is 1.97. The van der Waals surface area contributed by atoms with E-state index in [1.54, 1.807) is 0 Å². The lowest BCUT2D eigenvalue weighted by Crippen LogP contribution is -2.10. The highest BCUT2D eigenvalue weighted by atomic mass is 16.5. The molecule has 0 spiro atoms. The molecule has 0 fully saturated rings. The molecular weight excluding hydrogens is 204 g/mol. The zero-order chi connectivity index (χ0) is 11.8. The molecule has 0 aromatic heterocycles. The number of carbonyl (C=O) groups excluding carboxylic acids is 1. The highest BCUT2D eigenvalue weighted by Crippen LogP contribution is 2.12. The zero-order valence-corrected chi connectivity index (χ0v) is 9.61. The fraction of sp³-hybridized carbons (Fsp3) is 0.462. The molecule has 0 radical (unpaired) electrons. The highest BCUT2D eigenvalue weighted by Gasteiger charge is 2.01. The number of ether oxygens (including phenoxy) is 1. The lowest BCUT2D eigenvalue weighted by Gasteiger charge is -2.05. The molecule has 1 aromatic rings. The lowest BCUT2D eigenvalue weighted by atomic mass is 10.1. The largest absolute Gasteiger partial charge is 0.486 e. The summed E-state index contributed by atoms with van der Waals surface area (Å²) in [6, 6.07) is 7.44. The van der Waals surface area contributed by atoms with Crippen molar-refractivity contribution in [2.45, 2.75) is 26.2 Å². The molecule has 1 aromatic carbocycles. The van der Waals surface area contributed by atoms with E-state index in [0.29, 0.717) is 18.6 Å². The van der Waals surface area contributed by atoms with Gasteiger partial charge in [0.05, 0.1) is 0 Å². The molecule has 88 valence electrons. The van der Waals surface area contributed by atoms with Gasteiger partial charge in [0.25, 0.3) is 0 Å². The topological polar surface area (TPSA) is 46.5 Å². The zero-order valence-electron chi connectivity index (χ0n) is 9.61. The van der Waals surface area contributed by atoms with Crippen molar-refractivity contribution in [3.8, 4) is 5.75 Å². The summed E-state index contributed by atoms with van der Waals surface area (Å²) in [5, 5.41) is 8.75. The van der Waals surface area contributed by atoms with E-state index >= 15 is 0 Å². The number of carbonyl (C=O) groups is 1. The Morgan fingerprint density at radius 1 is 1.31 bits per heavy atom. The van der Waals surface area contributed by atoms with E-state index < -0.39 is 0 Å². The Hall–Kier alpha value is -1.35. The summed E-state index contributed by atoms with van der Waals surface area (Å²) in [6.07, 6.45) is 2.08. The number of hydrogen-bond donors (Lipinski definition) is 1. The summed E-state index contributed by atoms with van der Waals surface area (Å²) < 4.78 is 5.34. The maximum atomic E-state index is 11.2. The lowest BCUT2D eigenvalue weighted by molar-refractivity contribution is -0.121. The van der Waals surface area contributed by atoms with Crippen LogP contribution in [0.4, 0.5) is 0 Å². The number of benzene rings is 1. The molecule has 0 aliphatic rings. The van der Waals surface area contributed by atoms with Crippen molar-refractivity contribution < 1.29 is 14.6 Å². The van der Waals surface area contributed by atoms with Gasteiger partial charge in [0, 0.05) is 13.0 Å². The quantitative estimate of drug-likeness (QED) is 0.767. The van der Waals surface area contributed by atoms with Crippen LogP contribution in [0.25, 0.3) is 0 Å². The molecule has 3 nitrogen and oxygen atoms in total. The summed E-state index contributed by atoms with van der Waals surface area (Å²) in [7, 11) is 0. The average molecular weight is 222 g/mol. The third kappa shape index (κ3) is 4.45. The summed E-state index contributed by atoms with van der Waals surface area (Å²) >= 11 is 0. The van der Waals surface area contributed by atoms with Crippen molar-refractivity contribution in [3.63, 3.8) is 0 Å². The van der Waals surface area contributed by atoms with Crippen molar-refractivity contribution >= 4 is 5.78 Å². The third-order valence-corrected chi connectivity index (χ3v) is 2.25. The van der Waals surface area contributed by atoms with E-state index in [2.05, 4.69) is 0 Å². The molecule has 0 aliphatic heterocycles. The summed E-state index contributed by atoms with van der Waals surface area (Å²) in [5.74, 6) is 0.827. The number of hydrogen-bond acceptors (Lipinski definition) is 3. The summed E-state index contributed by atoms with van der Waals surface area (Å²) in [6.45, 7) is 2.27. The van der Waals surface area contributed by atoms with Crippen LogP contribution in [0.3, 0.4) is 0 Å². The van der Waals surface area contributed by atoms with E-state index in [1.807, 2.05) is 31.2 Å². The summed E-state index contributed by atoms with van der Waals surface area (Å²) in [4.78, 5) is 11.2. The maximum absolute atomic E-state index is 11.2. The normalized spacial score (nSPS) is 10.1. The van der Waals surface area contributed by atoms with Crippen LogP contribution in [-0.4, -0.2) is 24.1 Å². The Morgan fingerprint density at radius 3 is 2.56 bits per heavy atom. The molecule has 16 heavy (non-hydrogen) atoms. The first-order valence-corrected chi connectivity index (χ1v) is 5.60. The molecule has 0 saturated heterocycles. The van der Waals surface area contributed by atoms with Crippen LogP contribution in [0.5, 0.6) is 5.75 Å². The number of aliphatic hydroxyl groups is 1. The number of ketones is 1. The van der Waals surface area contributed by atoms with Gasteiger partial charge >= 0.3 is 0 Å². The molecule has 3 heteroatoms. The van der Waals surface area contributed by atoms with E-state index in [-0.39, 0.29) is 19.0 Å². The second-order valence-corrected chi connectivity index (χ2v) is 3.69. The number of aliphatic hydroxyl groups excluding tert-OH is 1. The van der Waals surface area contributed by atoms with Crippen LogP contribution < -0.4 is 4.74 Å². The van der Waals surface area contributed by atoms with Crippen LogP contribution in [-0.2, 0) is 11.2 Å². The first-order valence-electron chi connectivity index (χ1n) is 5.60. The second kappa shape index (κ2) is 7.01. The fourth-order valence-electron chi connectivity index (χ4n) is 1.40. The Bertz CT molecular complexity index is 316. The number of Topliss-reactive ketones (excluding diaryl/α,β-unsaturated/α-hetero) is 1. The SMILES string of the molecule is CCCC(=O)COc1ccc(CCO)cc1. The van der Waals surface area contributed by atoms with Gasteiger partial charge in [-0.3, -0.25) is 4.79 Å². The third-order valence-electron chi connectivity index (χ3n) is 2.25. The average Bonchev–Trinajstić information content (AvgIpc) is 2.29. The predicted molar refractivity (Wildman–Crippen MR) is 62.6 cm³/mol. The fourth-order valence-corrected chi connectivity index (χ4v) is 1.40. The van der Waals surface area contributed by atoms with Crippen LogP contribution in [0.2, 0.25) is 0 Å². The number of rotatable bonds is 7. The minimum atomic E-state index is 0.127. The molecule has 1 N–H and O–H groups in total. The van der Waals surface area contributed by atoms with Crippen molar-refractivity contribution in [2.24, 2.45) is 0 Å². The van der Waals surface area contributed by atoms with E-state index in [1.165, 1.54) is 0 Å². The Morgan fingerprint density at radius 2 is 2.00 bits per heavy atom. The van der Waals surface area contributed by atoms with Crippen molar-refractivity contribution in [1.82, 2.24) is 0 Å². The van der Waals surface area contributed by atoms with Gasteiger partial charge in [-0.25, -0.2) is 0 Å². The molecule has 0 heterocycles. The van der Waals surface area contributed by atoms with Crippen LogP contribution in [0, 0.1) is 0 Å². The van der Waals surface area contributed by atoms with E-state index in [0.717, 1.165) is 12.0 Å². The van der Waals surface area contributed by atoms with Gasteiger partial charge in [0.2, 0.25) is 0 Å². The van der Waals surface area contributed by atoms with Crippen molar-refractivity contribution in [1.29, 1.82) is 0 Å². The van der Waals surface area contributed by atoms with Gasteiger partial charge in [0.1, 0.15) is 12.4 Å². The van der Waals surface area contributed by atoms with Gasteiger partial charge in [-0.2, -0.15) is 0 Å². The van der Waals surface area contributed by atoms with Gasteiger partial charge in [0.15, 0.2) is 5.78 Å². The Labute approximate surface area is 96.1 Å². The highest BCUT2D eigenvalue weighted by molar-refractivity contribution is 5.79. The molecular formula is C13H18O3. The van der Waals surface area contributed by atoms with Gasteiger partial charge in [-0.15, -0.1) is 0 Å². The van der Waals surface area contributed by atoms with Crippen molar-refractivity contribution in [2.75, 3.05) is 13.2 Å². The molecule has 0 aliphatic carbocycles. The Kier molecular flexibility index (Phi) is 5.57. The summed E-state index contributed by atoms with van der Waals surface area (Å²) in [5.41, 5.74) is 1.06. The standard InChI is InChI=1S/C13H18O3/c1-2-3-12(15)10-16-13-6-4-11(5-7-13)8-9-14/h4-7,14H,2-3,8-10H2,1H3. The first kappa shape index (κ1) is 12.7. The molecule has 0 bridgehead atoms. The molecule has 1 rings (SSSR count). The van der Waals surface area contributed by atoms with E-state index in [4.69, 9.17) is 9.84 Å². The molecule has 0 amide bonds. The molecule has 0 saturated carbocycles. The minimum absolute atomic E-state index is 0.127. The van der Waals surface area contributed by atoms with E-state index in [9.17, 15) is 4.79 Å². The van der Waals surface area contributed by atoms with Gasteiger partial charge in [-0.05, 0) is 30.5 Å². The van der Waals surface area contributed by atoms with Crippen LogP contribution in [0.15, 0.2) is 24.3 Å².